The molecule has 5 nitrogen and oxygen atoms in total. The predicted molar refractivity (Wildman–Crippen MR) is 67.8 cm³/mol. The Morgan fingerprint density at radius 2 is 2.21 bits per heavy atom. The van der Waals surface area contributed by atoms with Crippen LogP contribution in [0.15, 0.2) is 40.4 Å². The third-order valence-corrected chi connectivity index (χ3v) is 3.25. The predicted octanol–water partition coefficient (Wildman–Crippen LogP) is 1.90. The Hall–Kier alpha value is -2.15. The smallest absolute Gasteiger partial charge is 0.335 e. The zero-order valence-electron chi connectivity index (χ0n) is 9.59. The quantitative estimate of drug-likeness (QED) is 0.660. The highest BCUT2D eigenvalue weighted by Gasteiger charge is 2.09. The number of carboxylic acids is 1. The number of hydrogen-bond donors (Lipinski definition) is 2. The van der Waals surface area contributed by atoms with Gasteiger partial charge in [-0.3, -0.25) is 4.79 Å². The molecular formula is C12H9FN2O3S. The number of aromatic nitrogens is 2. The second kappa shape index (κ2) is 5.66. The van der Waals surface area contributed by atoms with E-state index in [0.717, 1.165) is 17.8 Å². The molecule has 0 bridgehead atoms. The molecule has 0 unspecified atom stereocenters. The summed E-state index contributed by atoms with van der Waals surface area (Å²) in [5.41, 5.74) is -0.0295. The van der Waals surface area contributed by atoms with Crippen LogP contribution in [0.25, 0.3) is 0 Å². The SMILES string of the molecule is O=C(O)c1ccc(CSc2nccc(=O)[nH]2)c(F)c1. The van der Waals surface area contributed by atoms with Crippen LogP contribution in [-0.2, 0) is 5.75 Å². The number of rotatable bonds is 4. The van der Waals surface area contributed by atoms with Gasteiger partial charge in [0.2, 0.25) is 0 Å². The number of nitrogens with one attached hydrogen (secondary N) is 1. The molecule has 98 valence electrons. The number of H-pyrrole nitrogens is 1. The summed E-state index contributed by atoms with van der Waals surface area (Å²) >= 11 is 1.16. The van der Waals surface area contributed by atoms with Gasteiger partial charge in [0.25, 0.3) is 5.56 Å². The maximum Gasteiger partial charge on any atom is 0.335 e. The van der Waals surface area contributed by atoms with E-state index in [1.807, 2.05) is 0 Å². The van der Waals surface area contributed by atoms with Crippen molar-refractivity contribution in [1.82, 2.24) is 9.97 Å². The van der Waals surface area contributed by atoms with Crippen LogP contribution >= 0.6 is 11.8 Å². The average Bonchev–Trinajstić information content (AvgIpc) is 2.37. The lowest BCUT2D eigenvalue weighted by Gasteiger charge is -2.03. The fourth-order valence-corrected chi connectivity index (χ4v) is 2.20. The molecule has 2 rings (SSSR count). The number of thioether (sulfide) groups is 1. The Labute approximate surface area is 111 Å². The molecule has 0 saturated carbocycles. The molecule has 19 heavy (non-hydrogen) atoms. The molecule has 1 aromatic carbocycles. The van der Waals surface area contributed by atoms with Crippen molar-refractivity contribution in [3.8, 4) is 0 Å². The molecule has 1 heterocycles. The number of carbonyl (C=O) groups is 1. The van der Waals surface area contributed by atoms with E-state index in [4.69, 9.17) is 5.11 Å². The van der Waals surface area contributed by atoms with Crippen molar-refractivity contribution >= 4 is 17.7 Å². The maximum atomic E-state index is 13.6. The van der Waals surface area contributed by atoms with Gasteiger partial charge in [-0.25, -0.2) is 14.2 Å². The Kier molecular flexibility index (Phi) is 3.96. The van der Waals surface area contributed by atoms with Gasteiger partial charge in [-0.15, -0.1) is 0 Å². The van der Waals surface area contributed by atoms with Crippen molar-refractivity contribution in [2.24, 2.45) is 0 Å². The fraction of sp³-hybridized carbons (Fsp3) is 0.0833. The van der Waals surface area contributed by atoms with Crippen LogP contribution < -0.4 is 5.56 Å². The van der Waals surface area contributed by atoms with E-state index in [-0.39, 0.29) is 16.9 Å². The zero-order chi connectivity index (χ0) is 13.8. The minimum atomic E-state index is -1.17. The van der Waals surface area contributed by atoms with Crippen LogP contribution in [0.4, 0.5) is 4.39 Å². The zero-order valence-corrected chi connectivity index (χ0v) is 10.4. The van der Waals surface area contributed by atoms with Gasteiger partial charge < -0.3 is 10.1 Å². The molecule has 0 fully saturated rings. The van der Waals surface area contributed by atoms with E-state index in [2.05, 4.69) is 9.97 Å². The highest BCUT2D eigenvalue weighted by atomic mass is 32.2. The monoisotopic (exact) mass is 280 g/mol. The molecule has 0 spiro atoms. The van der Waals surface area contributed by atoms with Gasteiger partial charge in [-0.05, 0) is 17.7 Å². The first-order valence-corrected chi connectivity index (χ1v) is 6.24. The summed E-state index contributed by atoms with van der Waals surface area (Å²) in [6.45, 7) is 0. The first-order valence-electron chi connectivity index (χ1n) is 5.26. The number of benzene rings is 1. The normalized spacial score (nSPS) is 10.4. The van der Waals surface area contributed by atoms with Crippen molar-refractivity contribution < 1.29 is 14.3 Å². The van der Waals surface area contributed by atoms with Gasteiger partial charge in [0.05, 0.1) is 5.56 Å². The summed E-state index contributed by atoms with van der Waals surface area (Å²) in [7, 11) is 0. The van der Waals surface area contributed by atoms with E-state index in [1.165, 1.54) is 24.4 Å². The van der Waals surface area contributed by atoms with Gasteiger partial charge in [0.15, 0.2) is 5.16 Å². The van der Waals surface area contributed by atoms with Crippen LogP contribution in [0.5, 0.6) is 0 Å². The Morgan fingerprint density at radius 3 is 2.84 bits per heavy atom. The number of aromatic carboxylic acids is 1. The van der Waals surface area contributed by atoms with E-state index in [0.29, 0.717) is 10.7 Å². The second-order valence-corrected chi connectivity index (χ2v) is 4.60. The van der Waals surface area contributed by atoms with Gasteiger partial charge in [-0.1, -0.05) is 17.8 Å². The summed E-state index contributed by atoms with van der Waals surface area (Å²) < 4.78 is 13.6. The Balaban J connectivity index is 2.12. The van der Waals surface area contributed by atoms with Crippen molar-refractivity contribution in [3.63, 3.8) is 0 Å². The molecule has 2 N–H and O–H groups in total. The summed E-state index contributed by atoms with van der Waals surface area (Å²) in [4.78, 5) is 28.1. The number of hydrogen-bond acceptors (Lipinski definition) is 4. The van der Waals surface area contributed by atoms with E-state index in [1.54, 1.807) is 0 Å². The topological polar surface area (TPSA) is 83.0 Å². The van der Waals surface area contributed by atoms with Crippen molar-refractivity contribution in [1.29, 1.82) is 0 Å². The highest BCUT2D eigenvalue weighted by Crippen LogP contribution is 2.20. The summed E-state index contributed by atoms with van der Waals surface area (Å²) in [6, 6.07) is 5.00. The molecule has 1 aromatic heterocycles. The van der Waals surface area contributed by atoms with E-state index < -0.39 is 11.8 Å². The first-order chi connectivity index (χ1) is 9.06. The Morgan fingerprint density at radius 1 is 1.42 bits per heavy atom. The molecule has 0 aliphatic carbocycles. The standard InChI is InChI=1S/C12H9FN2O3S/c13-9-5-7(11(17)18)1-2-8(9)6-19-12-14-4-3-10(16)15-12/h1-5H,6H2,(H,17,18)(H,14,15,16). The minimum Gasteiger partial charge on any atom is -0.478 e. The lowest BCUT2D eigenvalue weighted by atomic mass is 10.1. The van der Waals surface area contributed by atoms with Crippen LogP contribution in [0.1, 0.15) is 15.9 Å². The summed E-state index contributed by atoms with van der Waals surface area (Å²) in [5, 5.41) is 9.10. The molecule has 7 heteroatoms. The molecule has 0 amide bonds. The van der Waals surface area contributed by atoms with Crippen LogP contribution in [0, 0.1) is 5.82 Å². The second-order valence-electron chi connectivity index (χ2n) is 3.64. The van der Waals surface area contributed by atoms with Crippen molar-refractivity contribution in [2.45, 2.75) is 10.9 Å². The molecule has 0 saturated heterocycles. The van der Waals surface area contributed by atoms with Gasteiger partial charge >= 0.3 is 5.97 Å². The van der Waals surface area contributed by atoms with Crippen LogP contribution in [0.2, 0.25) is 0 Å². The number of halogens is 1. The lowest BCUT2D eigenvalue weighted by Crippen LogP contribution is -2.05. The lowest BCUT2D eigenvalue weighted by molar-refractivity contribution is 0.0696. The minimum absolute atomic E-state index is 0.0995. The Bertz CT molecular complexity index is 672. The van der Waals surface area contributed by atoms with Crippen molar-refractivity contribution in [3.05, 3.63) is 57.8 Å². The van der Waals surface area contributed by atoms with Gasteiger partial charge in [-0.2, -0.15) is 0 Å². The largest absolute Gasteiger partial charge is 0.478 e. The van der Waals surface area contributed by atoms with Gasteiger partial charge in [0.1, 0.15) is 5.82 Å². The fourth-order valence-electron chi connectivity index (χ4n) is 1.37. The van der Waals surface area contributed by atoms with Crippen LogP contribution in [0.3, 0.4) is 0 Å². The third-order valence-electron chi connectivity index (χ3n) is 2.31. The maximum absolute atomic E-state index is 13.6. The molecular weight excluding hydrogens is 271 g/mol. The molecule has 0 radical (unpaired) electrons. The third kappa shape index (κ3) is 3.41. The molecule has 0 aliphatic rings. The molecule has 2 aromatic rings. The number of aromatic amines is 1. The van der Waals surface area contributed by atoms with Crippen molar-refractivity contribution in [2.75, 3.05) is 0 Å². The van der Waals surface area contributed by atoms with Gasteiger partial charge in [0, 0.05) is 18.0 Å². The summed E-state index contributed by atoms with van der Waals surface area (Å²) in [5.74, 6) is -1.52. The van der Waals surface area contributed by atoms with Crippen LogP contribution in [-0.4, -0.2) is 21.0 Å². The highest BCUT2D eigenvalue weighted by molar-refractivity contribution is 7.98. The number of carboxylic acid groups (broad SMARTS) is 1. The first kappa shape index (κ1) is 13.3. The number of nitrogens with zero attached hydrogens (tertiary/aromatic N) is 1. The van der Waals surface area contributed by atoms with E-state index in [9.17, 15) is 14.0 Å². The summed E-state index contributed by atoms with van der Waals surface area (Å²) in [6.07, 6.45) is 1.37. The molecule has 0 atom stereocenters. The average molecular weight is 280 g/mol. The van der Waals surface area contributed by atoms with E-state index >= 15 is 0 Å². The molecule has 0 aliphatic heterocycles.